The van der Waals surface area contributed by atoms with Crippen LogP contribution in [0.2, 0.25) is 0 Å². The number of carbonyl (C=O) groups is 1. The first-order chi connectivity index (χ1) is 13.9. The maximum atomic E-state index is 12.0. The Morgan fingerprint density at radius 1 is 1.14 bits per heavy atom. The van der Waals surface area contributed by atoms with E-state index in [2.05, 4.69) is 19.9 Å². The molecule has 148 valence electrons. The van der Waals surface area contributed by atoms with Crippen LogP contribution in [0.4, 0.5) is 0 Å². The van der Waals surface area contributed by atoms with Gasteiger partial charge in [-0.05, 0) is 18.2 Å². The van der Waals surface area contributed by atoms with Crippen molar-refractivity contribution in [3.63, 3.8) is 0 Å². The summed E-state index contributed by atoms with van der Waals surface area (Å²) in [7, 11) is -2.38. The van der Waals surface area contributed by atoms with Crippen LogP contribution in [0.15, 0.2) is 47.9 Å². The van der Waals surface area contributed by atoms with Crippen molar-refractivity contribution in [2.24, 2.45) is 0 Å². The van der Waals surface area contributed by atoms with Gasteiger partial charge in [0.25, 0.3) is 10.0 Å². The number of rotatable bonds is 5. The number of imidazole rings is 1. The van der Waals surface area contributed by atoms with Crippen LogP contribution in [-0.2, 0) is 21.4 Å². The summed E-state index contributed by atoms with van der Waals surface area (Å²) in [5.74, 6) is -0.197. The summed E-state index contributed by atoms with van der Waals surface area (Å²) in [6, 6.07) is 6.61. The van der Waals surface area contributed by atoms with Crippen LogP contribution < -0.4 is 9.46 Å². The molecule has 0 aliphatic heterocycles. The van der Waals surface area contributed by atoms with Gasteiger partial charge in [0, 0.05) is 24.6 Å². The van der Waals surface area contributed by atoms with E-state index in [1.54, 1.807) is 31.8 Å². The molecule has 4 heterocycles. The first kappa shape index (κ1) is 18.7. The number of amides is 1. The second-order valence-corrected chi connectivity index (χ2v) is 7.92. The van der Waals surface area contributed by atoms with Crippen LogP contribution in [0, 0.1) is 0 Å². The minimum Gasteiger partial charge on any atom is -0.481 e. The highest BCUT2D eigenvalue weighted by atomic mass is 32.2. The predicted molar refractivity (Wildman–Crippen MR) is 104 cm³/mol. The van der Waals surface area contributed by atoms with Gasteiger partial charge in [-0.1, -0.05) is 0 Å². The van der Waals surface area contributed by atoms with E-state index >= 15 is 0 Å². The monoisotopic (exact) mass is 412 g/mol. The Morgan fingerprint density at radius 3 is 2.66 bits per heavy atom. The Morgan fingerprint density at radius 2 is 1.97 bits per heavy atom. The average Bonchev–Trinajstić information content (AvgIpc) is 3.10. The molecular formula is C18H16N6O4S. The number of pyridine rings is 3. The minimum atomic E-state index is -3.92. The Hall–Kier alpha value is -3.60. The zero-order chi connectivity index (χ0) is 20.6. The number of methoxy groups -OCH3 is 1. The van der Waals surface area contributed by atoms with Gasteiger partial charge in [0.05, 0.1) is 37.4 Å². The zero-order valence-corrected chi connectivity index (χ0v) is 16.3. The summed E-state index contributed by atoms with van der Waals surface area (Å²) < 4.78 is 33.0. The van der Waals surface area contributed by atoms with E-state index < -0.39 is 15.9 Å². The van der Waals surface area contributed by atoms with Gasteiger partial charge < -0.3 is 9.30 Å². The van der Waals surface area contributed by atoms with Crippen molar-refractivity contribution < 1.29 is 17.9 Å². The minimum absolute atomic E-state index is 0.0853. The number of hydrogen-bond donors (Lipinski definition) is 1. The Bertz CT molecular complexity index is 1330. The normalized spacial score (nSPS) is 11.7. The van der Waals surface area contributed by atoms with E-state index in [1.165, 1.54) is 12.3 Å². The third-order valence-electron chi connectivity index (χ3n) is 4.21. The third kappa shape index (κ3) is 3.59. The molecule has 29 heavy (non-hydrogen) atoms. The van der Waals surface area contributed by atoms with E-state index in [-0.39, 0.29) is 4.90 Å². The van der Waals surface area contributed by atoms with Crippen molar-refractivity contribution in [3.8, 4) is 5.88 Å². The number of fused-ring (bicyclic) bond motifs is 3. The van der Waals surface area contributed by atoms with Crippen molar-refractivity contribution in [1.29, 1.82) is 0 Å². The van der Waals surface area contributed by atoms with Gasteiger partial charge in [-0.3, -0.25) is 9.78 Å². The molecule has 4 aromatic rings. The van der Waals surface area contributed by atoms with Crippen LogP contribution in [0.3, 0.4) is 0 Å². The Kier molecular flexibility index (Phi) is 4.59. The standard InChI is InChI=1S/C18H16N6O4S/c1-11(25)23-29(26,27)13-4-3-12(19-7-13)9-24-10-21-15-8-20-18-14(17(15)24)5-6-16(22-18)28-2/h3-8,10H,9H2,1-2H3,(H,23,25). The topological polar surface area (TPSA) is 129 Å². The van der Waals surface area contributed by atoms with Crippen molar-refractivity contribution >= 4 is 38.0 Å². The SMILES string of the molecule is COc1ccc2c(ncc3ncn(Cc4ccc(S(=O)(=O)NC(C)=O)cn4)c32)n1. The molecule has 0 spiro atoms. The molecule has 10 nitrogen and oxygen atoms in total. The predicted octanol–water partition coefficient (Wildman–Crippen LogP) is 1.26. The van der Waals surface area contributed by atoms with E-state index in [1.807, 2.05) is 15.4 Å². The number of nitrogens with one attached hydrogen (secondary N) is 1. The molecule has 0 atom stereocenters. The van der Waals surface area contributed by atoms with Gasteiger partial charge in [-0.2, -0.15) is 4.98 Å². The van der Waals surface area contributed by atoms with E-state index in [0.717, 1.165) is 17.8 Å². The molecule has 0 aliphatic carbocycles. The molecular weight excluding hydrogens is 396 g/mol. The second-order valence-electron chi connectivity index (χ2n) is 6.24. The van der Waals surface area contributed by atoms with E-state index in [4.69, 9.17) is 4.74 Å². The Labute approximate surface area is 165 Å². The van der Waals surface area contributed by atoms with Crippen LogP contribution in [0.5, 0.6) is 5.88 Å². The maximum Gasteiger partial charge on any atom is 0.265 e. The van der Waals surface area contributed by atoms with Gasteiger partial charge in [0.15, 0.2) is 5.65 Å². The lowest BCUT2D eigenvalue weighted by molar-refractivity contribution is -0.117. The lowest BCUT2D eigenvalue weighted by atomic mass is 10.2. The van der Waals surface area contributed by atoms with Crippen LogP contribution in [0.1, 0.15) is 12.6 Å². The average molecular weight is 412 g/mol. The fourth-order valence-corrected chi connectivity index (χ4v) is 3.88. The molecule has 0 radical (unpaired) electrons. The Balaban J connectivity index is 1.69. The molecule has 11 heteroatoms. The van der Waals surface area contributed by atoms with Gasteiger partial charge in [0.2, 0.25) is 11.8 Å². The largest absolute Gasteiger partial charge is 0.481 e. The van der Waals surface area contributed by atoms with Gasteiger partial charge in [0.1, 0.15) is 10.4 Å². The molecule has 0 aromatic carbocycles. The second kappa shape index (κ2) is 7.09. The molecule has 4 rings (SSSR count). The van der Waals surface area contributed by atoms with Crippen molar-refractivity contribution in [2.45, 2.75) is 18.4 Å². The van der Waals surface area contributed by atoms with Crippen molar-refractivity contribution in [3.05, 3.63) is 48.7 Å². The van der Waals surface area contributed by atoms with E-state index in [0.29, 0.717) is 29.3 Å². The molecule has 0 bridgehead atoms. The summed E-state index contributed by atoms with van der Waals surface area (Å²) in [4.78, 5) is 28.2. The van der Waals surface area contributed by atoms with Gasteiger partial charge in [-0.25, -0.2) is 23.1 Å². The summed E-state index contributed by atoms with van der Waals surface area (Å²) in [6.07, 6.45) is 4.52. The molecule has 0 saturated carbocycles. The van der Waals surface area contributed by atoms with Gasteiger partial charge in [-0.15, -0.1) is 0 Å². The number of carbonyl (C=O) groups excluding carboxylic acids is 1. The highest BCUT2D eigenvalue weighted by Gasteiger charge is 2.16. The summed E-state index contributed by atoms with van der Waals surface area (Å²) >= 11 is 0. The van der Waals surface area contributed by atoms with Crippen molar-refractivity contribution in [2.75, 3.05) is 7.11 Å². The maximum absolute atomic E-state index is 12.0. The fourth-order valence-electron chi connectivity index (χ4n) is 2.94. The molecule has 4 aromatic heterocycles. The highest BCUT2D eigenvalue weighted by molar-refractivity contribution is 7.90. The van der Waals surface area contributed by atoms with Crippen LogP contribution in [-0.4, -0.2) is 45.9 Å². The van der Waals surface area contributed by atoms with Crippen LogP contribution in [0.25, 0.3) is 22.1 Å². The summed E-state index contributed by atoms with van der Waals surface area (Å²) in [5, 5.41) is 0.811. The van der Waals surface area contributed by atoms with Crippen LogP contribution >= 0.6 is 0 Å². The first-order valence-electron chi connectivity index (χ1n) is 8.50. The summed E-state index contributed by atoms with van der Waals surface area (Å²) in [6.45, 7) is 1.50. The van der Waals surface area contributed by atoms with E-state index in [9.17, 15) is 13.2 Å². The highest BCUT2D eigenvalue weighted by Crippen LogP contribution is 2.24. The van der Waals surface area contributed by atoms with Crippen molar-refractivity contribution in [1.82, 2.24) is 29.2 Å². The number of sulfonamides is 1. The lowest BCUT2D eigenvalue weighted by Gasteiger charge is -2.08. The fraction of sp³-hybridized carbons (Fsp3) is 0.167. The number of nitrogens with zero attached hydrogens (tertiary/aromatic N) is 5. The lowest BCUT2D eigenvalue weighted by Crippen LogP contribution is -2.28. The quantitative estimate of drug-likeness (QED) is 0.519. The molecule has 1 N–H and O–H groups in total. The number of hydrogen-bond acceptors (Lipinski definition) is 8. The molecule has 0 saturated heterocycles. The molecule has 0 fully saturated rings. The van der Waals surface area contributed by atoms with Gasteiger partial charge >= 0.3 is 0 Å². The zero-order valence-electron chi connectivity index (χ0n) is 15.5. The summed E-state index contributed by atoms with van der Waals surface area (Å²) in [5.41, 5.74) is 2.69. The molecule has 1 amide bonds. The first-order valence-corrected chi connectivity index (χ1v) is 9.98. The molecule has 0 aliphatic rings. The molecule has 0 unspecified atom stereocenters. The smallest absolute Gasteiger partial charge is 0.265 e. The third-order valence-corrected chi connectivity index (χ3v) is 5.63. The number of aromatic nitrogens is 5. The number of ether oxygens (including phenoxy) is 1.